The number of nitrogens with one attached hydrogen (secondary N) is 1. The Morgan fingerprint density at radius 2 is 1.85 bits per heavy atom. The van der Waals surface area contributed by atoms with Crippen molar-refractivity contribution in [3.63, 3.8) is 0 Å². The number of hydrogen-bond donors (Lipinski definition) is 2. The predicted octanol–water partition coefficient (Wildman–Crippen LogP) is 0.185. The summed E-state index contributed by atoms with van der Waals surface area (Å²) in [4.78, 5) is 22.5. The second-order valence-corrected chi connectivity index (χ2v) is 6.27. The van der Waals surface area contributed by atoms with Crippen LogP contribution in [0, 0.1) is 0 Å². The van der Waals surface area contributed by atoms with Crippen molar-refractivity contribution < 1.29 is 22.7 Å². The number of benzene rings is 1. The minimum atomic E-state index is -3.65. The van der Waals surface area contributed by atoms with Gasteiger partial charge < -0.3 is 15.8 Å². The summed E-state index contributed by atoms with van der Waals surface area (Å²) < 4.78 is 27.6. The SMILES string of the molecule is COC(=O)CCS(=O)(=O)CC(=O)Nc1ccc(N)cc1. The number of nitrogens with two attached hydrogens (primary N) is 1. The molecule has 0 aliphatic heterocycles. The van der Waals surface area contributed by atoms with E-state index in [1.807, 2.05) is 0 Å². The third-order valence-electron chi connectivity index (χ3n) is 2.39. The van der Waals surface area contributed by atoms with Crippen LogP contribution in [0.4, 0.5) is 11.4 Å². The van der Waals surface area contributed by atoms with Gasteiger partial charge in [-0.15, -0.1) is 0 Å². The number of esters is 1. The van der Waals surface area contributed by atoms with Gasteiger partial charge in [-0.25, -0.2) is 8.42 Å². The zero-order chi connectivity index (χ0) is 15.2. The largest absolute Gasteiger partial charge is 0.469 e. The first-order valence-corrected chi connectivity index (χ1v) is 7.57. The summed E-state index contributed by atoms with van der Waals surface area (Å²) in [6, 6.07) is 6.30. The molecular formula is C12H16N2O5S. The van der Waals surface area contributed by atoms with Crippen LogP contribution in [-0.4, -0.2) is 38.9 Å². The van der Waals surface area contributed by atoms with E-state index in [1.165, 1.54) is 7.11 Å². The van der Waals surface area contributed by atoms with Crippen LogP contribution in [0.3, 0.4) is 0 Å². The fraction of sp³-hybridized carbons (Fsp3) is 0.333. The average molecular weight is 300 g/mol. The van der Waals surface area contributed by atoms with Gasteiger partial charge in [0.05, 0.1) is 19.3 Å². The van der Waals surface area contributed by atoms with Gasteiger partial charge in [-0.1, -0.05) is 0 Å². The van der Waals surface area contributed by atoms with E-state index in [-0.39, 0.29) is 6.42 Å². The Kier molecular flexibility index (Phi) is 5.51. The molecule has 0 spiro atoms. The first kappa shape index (κ1) is 16.0. The molecule has 0 aliphatic carbocycles. The van der Waals surface area contributed by atoms with Crippen LogP contribution >= 0.6 is 0 Å². The van der Waals surface area contributed by atoms with Crippen molar-refractivity contribution in [2.45, 2.75) is 6.42 Å². The van der Waals surface area contributed by atoms with Crippen LogP contribution in [-0.2, 0) is 24.2 Å². The number of methoxy groups -OCH3 is 1. The summed E-state index contributed by atoms with van der Waals surface area (Å²) in [5, 5.41) is 2.44. The van der Waals surface area contributed by atoms with Crippen molar-refractivity contribution in [1.29, 1.82) is 0 Å². The quantitative estimate of drug-likeness (QED) is 0.572. The Hall–Kier alpha value is -2.09. The molecule has 0 radical (unpaired) electrons. The van der Waals surface area contributed by atoms with Crippen molar-refractivity contribution in [1.82, 2.24) is 0 Å². The molecule has 7 nitrogen and oxygen atoms in total. The highest BCUT2D eigenvalue weighted by molar-refractivity contribution is 7.92. The summed E-state index contributed by atoms with van der Waals surface area (Å²) in [5.74, 6) is -2.41. The van der Waals surface area contributed by atoms with Crippen LogP contribution in [0.1, 0.15) is 6.42 Å². The van der Waals surface area contributed by atoms with Gasteiger partial charge in [-0.05, 0) is 24.3 Å². The minimum Gasteiger partial charge on any atom is -0.469 e. The molecule has 1 aromatic carbocycles. The topological polar surface area (TPSA) is 116 Å². The summed E-state index contributed by atoms with van der Waals surface area (Å²) in [7, 11) is -2.48. The summed E-state index contributed by atoms with van der Waals surface area (Å²) in [6.45, 7) is 0. The number of carbonyl (C=O) groups is 2. The molecule has 0 aliphatic rings. The van der Waals surface area contributed by atoms with Crippen molar-refractivity contribution in [2.75, 3.05) is 29.7 Å². The van der Waals surface area contributed by atoms with Crippen molar-refractivity contribution >= 4 is 33.1 Å². The Labute approximate surface area is 117 Å². The highest BCUT2D eigenvalue weighted by atomic mass is 32.2. The highest BCUT2D eigenvalue weighted by Crippen LogP contribution is 2.10. The third-order valence-corrected chi connectivity index (χ3v) is 3.92. The van der Waals surface area contributed by atoms with Gasteiger partial charge in [0.2, 0.25) is 5.91 Å². The number of carbonyl (C=O) groups excluding carboxylic acids is 2. The Balaban J connectivity index is 2.52. The lowest BCUT2D eigenvalue weighted by molar-refractivity contribution is -0.140. The molecule has 1 amide bonds. The first-order chi connectivity index (χ1) is 9.32. The van der Waals surface area contributed by atoms with Gasteiger partial charge in [0.25, 0.3) is 0 Å². The molecule has 1 aromatic rings. The Bertz CT molecular complexity index is 580. The van der Waals surface area contributed by atoms with Gasteiger partial charge in [0.1, 0.15) is 5.75 Å². The monoisotopic (exact) mass is 300 g/mol. The smallest absolute Gasteiger partial charge is 0.306 e. The maximum absolute atomic E-state index is 11.6. The second-order valence-electron chi connectivity index (χ2n) is 4.09. The average Bonchev–Trinajstić information content (AvgIpc) is 2.38. The van der Waals surface area contributed by atoms with E-state index in [9.17, 15) is 18.0 Å². The molecule has 110 valence electrons. The van der Waals surface area contributed by atoms with Crippen LogP contribution in [0.25, 0.3) is 0 Å². The van der Waals surface area contributed by atoms with Crippen LogP contribution < -0.4 is 11.1 Å². The van der Waals surface area contributed by atoms with Gasteiger partial charge in [-0.3, -0.25) is 9.59 Å². The number of sulfone groups is 1. The molecule has 3 N–H and O–H groups in total. The minimum absolute atomic E-state index is 0.270. The molecule has 20 heavy (non-hydrogen) atoms. The zero-order valence-corrected chi connectivity index (χ0v) is 11.8. The standard InChI is InChI=1S/C12H16N2O5S/c1-19-12(16)6-7-20(17,18)8-11(15)14-10-4-2-9(13)3-5-10/h2-5H,6-8,13H2,1H3,(H,14,15). The maximum Gasteiger partial charge on any atom is 0.306 e. The van der Waals surface area contributed by atoms with E-state index < -0.39 is 33.2 Å². The number of anilines is 2. The van der Waals surface area contributed by atoms with E-state index in [2.05, 4.69) is 10.1 Å². The van der Waals surface area contributed by atoms with Crippen LogP contribution in [0.5, 0.6) is 0 Å². The van der Waals surface area contributed by atoms with Gasteiger partial charge >= 0.3 is 5.97 Å². The number of ether oxygens (including phenoxy) is 1. The third kappa shape index (κ3) is 5.70. The van der Waals surface area contributed by atoms with Crippen LogP contribution in [0.15, 0.2) is 24.3 Å². The molecule has 0 atom stereocenters. The second kappa shape index (κ2) is 6.90. The molecule has 1 rings (SSSR count). The fourth-order valence-corrected chi connectivity index (χ4v) is 2.47. The molecular weight excluding hydrogens is 284 g/mol. The number of amides is 1. The van der Waals surface area contributed by atoms with Gasteiger partial charge in [-0.2, -0.15) is 0 Å². The molecule has 0 saturated carbocycles. The van der Waals surface area contributed by atoms with Crippen molar-refractivity contribution in [3.05, 3.63) is 24.3 Å². The Morgan fingerprint density at radius 3 is 2.40 bits per heavy atom. The number of rotatable bonds is 6. The molecule has 8 heteroatoms. The summed E-state index contributed by atoms with van der Waals surface area (Å²) >= 11 is 0. The maximum atomic E-state index is 11.6. The normalized spacial score (nSPS) is 10.8. The van der Waals surface area contributed by atoms with Crippen molar-refractivity contribution in [2.24, 2.45) is 0 Å². The van der Waals surface area contributed by atoms with Crippen LogP contribution in [0.2, 0.25) is 0 Å². The molecule has 0 saturated heterocycles. The lowest BCUT2D eigenvalue weighted by atomic mass is 10.3. The van der Waals surface area contributed by atoms with E-state index >= 15 is 0 Å². The van der Waals surface area contributed by atoms with E-state index in [4.69, 9.17) is 5.73 Å². The lowest BCUT2D eigenvalue weighted by Crippen LogP contribution is -2.25. The molecule has 0 unspecified atom stereocenters. The summed E-state index contributed by atoms with van der Waals surface area (Å²) in [6.07, 6.45) is -0.270. The van der Waals surface area contributed by atoms with E-state index in [0.29, 0.717) is 11.4 Å². The van der Waals surface area contributed by atoms with Gasteiger partial charge in [0.15, 0.2) is 9.84 Å². The van der Waals surface area contributed by atoms with Crippen molar-refractivity contribution in [3.8, 4) is 0 Å². The number of hydrogen-bond acceptors (Lipinski definition) is 6. The molecule has 0 aromatic heterocycles. The number of nitrogen functional groups attached to an aromatic ring is 1. The zero-order valence-electron chi connectivity index (χ0n) is 11.0. The molecule has 0 bridgehead atoms. The van der Waals surface area contributed by atoms with Gasteiger partial charge in [0, 0.05) is 11.4 Å². The fourth-order valence-electron chi connectivity index (χ4n) is 1.38. The van der Waals surface area contributed by atoms with E-state index in [1.54, 1.807) is 24.3 Å². The van der Waals surface area contributed by atoms with E-state index in [0.717, 1.165) is 0 Å². The predicted molar refractivity (Wildman–Crippen MR) is 74.8 cm³/mol. The first-order valence-electron chi connectivity index (χ1n) is 5.75. The summed E-state index contributed by atoms with van der Waals surface area (Å²) in [5.41, 5.74) is 6.48. The molecule has 0 fully saturated rings. The highest BCUT2D eigenvalue weighted by Gasteiger charge is 2.18. The lowest BCUT2D eigenvalue weighted by Gasteiger charge is -2.06. The Morgan fingerprint density at radius 1 is 1.25 bits per heavy atom. The molecule has 0 heterocycles.